The number of rotatable bonds is 6. The van der Waals surface area contributed by atoms with E-state index in [2.05, 4.69) is 44.9 Å². The Kier molecular flexibility index (Phi) is 4.36. The lowest BCUT2D eigenvalue weighted by Gasteiger charge is -2.25. The molecular weight excluding hydrogens is 266 g/mol. The molecule has 1 aliphatic heterocycles. The van der Waals surface area contributed by atoms with Crippen molar-refractivity contribution in [2.24, 2.45) is 5.92 Å². The van der Waals surface area contributed by atoms with Crippen LogP contribution in [-0.2, 0) is 26.2 Å². The molecular formula is C15H23N5O. The number of furan rings is 1. The Bertz CT molecular complexity index is 574. The highest BCUT2D eigenvalue weighted by molar-refractivity contribution is 5.12. The Balaban J connectivity index is 1.51. The standard InChI is InChI=1S/C15H23N5O/c1-12(2)6-16-7-13-5-14(21-10-13)8-19-3-4-20-11-17-18-15(20)9-19/h5,10-12,16H,3-4,6-9H2,1-2H3. The van der Waals surface area contributed by atoms with Crippen LogP contribution in [0.15, 0.2) is 23.1 Å². The van der Waals surface area contributed by atoms with Crippen LogP contribution in [0, 0.1) is 5.92 Å². The van der Waals surface area contributed by atoms with Gasteiger partial charge < -0.3 is 14.3 Å². The van der Waals surface area contributed by atoms with E-state index in [0.29, 0.717) is 5.92 Å². The molecule has 3 rings (SSSR count). The lowest BCUT2D eigenvalue weighted by molar-refractivity contribution is 0.194. The minimum absolute atomic E-state index is 0.669. The summed E-state index contributed by atoms with van der Waals surface area (Å²) in [5, 5.41) is 11.5. The molecule has 114 valence electrons. The Morgan fingerprint density at radius 3 is 3.14 bits per heavy atom. The van der Waals surface area contributed by atoms with Crippen molar-refractivity contribution < 1.29 is 4.42 Å². The molecule has 0 atom stereocenters. The minimum Gasteiger partial charge on any atom is -0.468 e. The number of fused-ring (bicyclic) bond motifs is 1. The first-order chi connectivity index (χ1) is 10.2. The normalized spacial score (nSPS) is 15.6. The van der Waals surface area contributed by atoms with Gasteiger partial charge in [-0.3, -0.25) is 4.90 Å². The second-order valence-corrected chi connectivity index (χ2v) is 6.10. The molecule has 0 saturated carbocycles. The smallest absolute Gasteiger partial charge is 0.147 e. The lowest BCUT2D eigenvalue weighted by Crippen LogP contribution is -2.33. The monoisotopic (exact) mass is 289 g/mol. The molecule has 0 fully saturated rings. The van der Waals surface area contributed by atoms with Crippen molar-refractivity contribution in [1.29, 1.82) is 0 Å². The average molecular weight is 289 g/mol. The fraction of sp³-hybridized carbons (Fsp3) is 0.600. The van der Waals surface area contributed by atoms with Gasteiger partial charge in [0.25, 0.3) is 0 Å². The van der Waals surface area contributed by atoms with Crippen molar-refractivity contribution in [3.05, 3.63) is 35.8 Å². The van der Waals surface area contributed by atoms with Gasteiger partial charge in [-0.05, 0) is 18.5 Å². The highest BCUT2D eigenvalue weighted by atomic mass is 16.3. The third-order valence-corrected chi connectivity index (χ3v) is 3.69. The van der Waals surface area contributed by atoms with Crippen LogP contribution < -0.4 is 5.32 Å². The first-order valence-corrected chi connectivity index (χ1v) is 7.57. The fourth-order valence-corrected chi connectivity index (χ4v) is 2.58. The van der Waals surface area contributed by atoms with E-state index in [1.165, 1.54) is 5.56 Å². The summed E-state index contributed by atoms with van der Waals surface area (Å²) < 4.78 is 7.78. The first kappa shape index (κ1) is 14.3. The summed E-state index contributed by atoms with van der Waals surface area (Å²) in [6.45, 7) is 9.95. The molecule has 0 unspecified atom stereocenters. The van der Waals surface area contributed by atoms with Gasteiger partial charge in [-0.1, -0.05) is 13.8 Å². The van der Waals surface area contributed by atoms with Crippen LogP contribution in [0.3, 0.4) is 0 Å². The topological polar surface area (TPSA) is 59.1 Å². The van der Waals surface area contributed by atoms with E-state index in [1.54, 1.807) is 6.33 Å². The molecule has 0 bridgehead atoms. The van der Waals surface area contributed by atoms with Gasteiger partial charge in [0.1, 0.15) is 17.9 Å². The molecule has 6 nitrogen and oxygen atoms in total. The van der Waals surface area contributed by atoms with Gasteiger partial charge in [0.2, 0.25) is 0 Å². The second kappa shape index (κ2) is 6.41. The number of hydrogen-bond donors (Lipinski definition) is 1. The fourth-order valence-electron chi connectivity index (χ4n) is 2.58. The zero-order chi connectivity index (χ0) is 14.7. The highest BCUT2D eigenvalue weighted by Crippen LogP contribution is 2.15. The molecule has 0 saturated heterocycles. The number of hydrogen-bond acceptors (Lipinski definition) is 5. The third kappa shape index (κ3) is 3.71. The Labute approximate surface area is 125 Å². The van der Waals surface area contributed by atoms with E-state index in [0.717, 1.165) is 50.9 Å². The van der Waals surface area contributed by atoms with Crippen LogP contribution in [0.25, 0.3) is 0 Å². The molecule has 1 N–H and O–H groups in total. The third-order valence-electron chi connectivity index (χ3n) is 3.69. The SMILES string of the molecule is CC(C)CNCc1coc(CN2CCn3cnnc3C2)c1. The van der Waals surface area contributed by atoms with Crippen LogP contribution >= 0.6 is 0 Å². The highest BCUT2D eigenvalue weighted by Gasteiger charge is 2.18. The number of nitrogens with one attached hydrogen (secondary N) is 1. The van der Waals surface area contributed by atoms with Crippen molar-refractivity contribution in [3.8, 4) is 0 Å². The van der Waals surface area contributed by atoms with Crippen LogP contribution in [0.5, 0.6) is 0 Å². The van der Waals surface area contributed by atoms with Crippen molar-refractivity contribution in [2.45, 2.75) is 40.0 Å². The summed E-state index contributed by atoms with van der Waals surface area (Å²) in [5.41, 5.74) is 1.21. The van der Waals surface area contributed by atoms with E-state index in [1.807, 2.05) is 6.26 Å². The number of aromatic nitrogens is 3. The minimum atomic E-state index is 0.669. The van der Waals surface area contributed by atoms with Gasteiger partial charge in [0, 0.05) is 25.2 Å². The molecule has 0 amide bonds. The zero-order valence-electron chi connectivity index (χ0n) is 12.7. The Morgan fingerprint density at radius 2 is 2.29 bits per heavy atom. The van der Waals surface area contributed by atoms with Crippen molar-refractivity contribution in [3.63, 3.8) is 0 Å². The zero-order valence-corrected chi connectivity index (χ0v) is 12.7. The summed E-state index contributed by atoms with van der Waals surface area (Å²) in [4.78, 5) is 2.34. The van der Waals surface area contributed by atoms with Gasteiger partial charge >= 0.3 is 0 Å². The summed E-state index contributed by atoms with van der Waals surface area (Å²) in [6.07, 6.45) is 3.66. The second-order valence-electron chi connectivity index (χ2n) is 6.10. The van der Waals surface area contributed by atoms with Gasteiger partial charge in [-0.15, -0.1) is 10.2 Å². The largest absolute Gasteiger partial charge is 0.468 e. The summed E-state index contributed by atoms with van der Waals surface area (Å²) in [5.74, 6) is 2.72. The van der Waals surface area contributed by atoms with E-state index in [-0.39, 0.29) is 0 Å². The quantitative estimate of drug-likeness (QED) is 0.876. The molecule has 1 aliphatic rings. The van der Waals surface area contributed by atoms with E-state index < -0.39 is 0 Å². The van der Waals surface area contributed by atoms with Crippen LogP contribution in [0.1, 0.15) is 31.0 Å². The maximum absolute atomic E-state index is 5.67. The molecule has 3 heterocycles. The van der Waals surface area contributed by atoms with Crippen LogP contribution in [0.4, 0.5) is 0 Å². The summed E-state index contributed by atoms with van der Waals surface area (Å²) in [7, 11) is 0. The van der Waals surface area contributed by atoms with Crippen molar-refractivity contribution >= 4 is 0 Å². The Hall–Kier alpha value is -1.66. The van der Waals surface area contributed by atoms with Gasteiger partial charge in [0.15, 0.2) is 0 Å². The Morgan fingerprint density at radius 1 is 1.38 bits per heavy atom. The maximum atomic E-state index is 5.67. The van der Waals surface area contributed by atoms with Gasteiger partial charge in [0.05, 0.1) is 19.4 Å². The van der Waals surface area contributed by atoms with Crippen molar-refractivity contribution in [1.82, 2.24) is 25.0 Å². The summed E-state index contributed by atoms with van der Waals surface area (Å²) >= 11 is 0. The average Bonchev–Trinajstić information content (AvgIpc) is 3.07. The lowest BCUT2D eigenvalue weighted by atomic mass is 10.2. The molecule has 6 heteroatoms. The predicted molar refractivity (Wildman–Crippen MR) is 79.4 cm³/mol. The molecule has 2 aromatic rings. The van der Waals surface area contributed by atoms with Gasteiger partial charge in [-0.2, -0.15) is 0 Å². The molecule has 0 radical (unpaired) electrons. The van der Waals surface area contributed by atoms with Crippen molar-refractivity contribution in [2.75, 3.05) is 13.1 Å². The molecule has 0 aliphatic carbocycles. The first-order valence-electron chi connectivity index (χ1n) is 7.57. The van der Waals surface area contributed by atoms with Gasteiger partial charge in [-0.25, -0.2) is 0 Å². The maximum Gasteiger partial charge on any atom is 0.147 e. The van der Waals surface area contributed by atoms with Crippen LogP contribution in [-0.4, -0.2) is 32.8 Å². The summed E-state index contributed by atoms with van der Waals surface area (Å²) in [6, 6.07) is 2.15. The van der Waals surface area contributed by atoms with Crippen LogP contribution in [0.2, 0.25) is 0 Å². The molecule has 0 spiro atoms. The predicted octanol–water partition coefficient (Wildman–Crippen LogP) is 1.63. The van der Waals surface area contributed by atoms with E-state index >= 15 is 0 Å². The number of nitrogens with zero attached hydrogens (tertiary/aromatic N) is 4. The molecule has 0 aromatic carbocycles. The van der Waals surface area contributed by atoms with E-state index in [9.17, 15) is 0 Å². The molecule has 2 aromatic heterocycles. The molecule has 21 heavy (non-hydrogen) atoms. The van der Waals surface area contributed by atoms with E-state index in [4.69, 9.17) is 4.42 Å².